The fourth-order valence-corrected chi connectivity index (χ4v) is 0. The Morgan fingerprint density at radius 2 is 0.615 bits per heavy atom. The average molecular weight is 163 g/mol. The Bertz CT molecular complexity index is 24.2. The van der Waals surface area contributed by atoms with Gasteiger partial charge in [0, 0.05) is 0 Å². The molecule has 0 aliphatic rings. The van der Waals surface area contributed by atoms with E-state index in [4.69, 9.17) is 0 Å². The van der Waals surface area contributed by atoms with Gasteiger partial charge in [-0.3, -0.25) is 0 Å². The molecule has 0 saturated heterocycles. The molecule has 0 aromatic heterocycles. The van der Waals surface area contributed by atoms with E-state index >= 15 is 0 Å². The molecule has 13 heavy (non-hydrogen) atoms. The van der Waals surface area contributed by atoms with Crippen LogP contribution in [0.2, 0.25) is 0 Å². The second-order valence-corrected chi connectivity index (χ2v) is 0. The van der Waals surface area contributed by atoms with E-state index in [0.29, 0.717) is 0 Å². The van der Waals surface area contributed by atoms with Crippen LogP contribution in [0.4, 0.5) is 0 Å². The third kappa shape index (κ3) is 241. The van der Waals surface area contributed by atoms with Gasteiger partial charge in [0.25, 0.3) is 0 Å². The Kier molecular flexibility index (Phi) is 4310. The van der Waals surface area contributed by atoms with Gasteiger partial charge in [-0.05, 0) is 0 Å². The predicted octanol–water partition coefficient (Wildman–Crippen LogP) is -15.0. The molecule has 5 nitrogen and oxygen atoms in total. The molecule has 0 rings (SSSR count). The van der Waals surface area contributed by atoms with Crippen LogP contribution < -0.4 is 75.4 Å². The first-order valence-corrected chi connectivity index (χ1v) is 1.00. The van der Waals surface area contributed by atoms with E-state index in [1.807, 2.05) is 30.8 Å². The molecule has 0 aromatic rings. The minimum atomic E-state index is 0. The Hall–Kier alpha value is 3.38. The van der Waals surface area contributed by atoms with E-state index in [1.165, 1.54) is 0 Å². The summed E-state index contributed by atoms with van der Waals surface area (Å²) in [5.41, 5.74) is 0. The minimum absolute atomic E-state index is 0. The molecule has 0 heterocycles. The quantitative estimate of drug-likeness (QED) is 0.252. The zero-order valence-corrected chi connectivity index (χ0v) is 9.45. The van der Waals surface area contributed by atoms with Crippen LogP contribution in [0, 0.1) is 7.43 Å². The molecule has 0 radical (unpaired) electrons. The Morgan fingerprint density at radius 1 is 0.615 bits per heavy atom. The maximum Gasteiger partial charge on any atom is -0.870 e. The number of hydrogen-bond donors (Lipinski definition) is 0. The molecule has 0 bridgehead atoms. The number of rotatable bonds is 0. The Labute approximate surface area is 148 Å². The van der Waals surface area contributed by atoms with Crippen molar-refractivity contribution < 1.29 is 104 Å². The molecular formula is C2H17Li6O5+. The molecule has 0 aromatic carbocycles. The molecule has 0 saturated carbocycles. The van der Waals surface area contributed by atoms with Crippen molar-refractivity contribution in [2.24, 2.45) is 0 Å². The molecule has 11 heteroatoms. The van der Waals surface area contributed by atoms with Gasteiger partial charge >= 0.3 is 106 Å². The monoisotopic (exact) mass is 163 g/mol. The summed E-state index contributed by atoms with van der Waals surface area (Å²) in [4.78, 5) is 0. The zero-order chi connectivity index (χ0) is 2.00. The summed E-state index contributed by atoms with van der Waals surface area (Å²) in [6, 6.07) is 0. The van der Waals surface area contributed by atoms with Crippen molar-refractivity contribution in [1.82, 2.24) is 0 Å². The SMILES string of the molecule is C.O.O.O.O.[CH3-].[H-].[Li+].[Li+].[Li+].[Li+].[Li][Li].[OH-]. The minimum Gasteiger partial charge on any atom is -0.870 e. The largest absolute Gasteiger partial charge is 0.870 e. The molecule has 0 unspecified atom stereocenters. The summed E-state index contributed by atoms with van der Waals surface area (Å²) >= 11 is 4.00. The van der Waals surface area contributed by atoms with Gasteiger partial charge in [0.15, 0.2) is 0 Å². The molecule has 0 aliphatic heterocycles. The van der Waals surface area contributed by atoms with Gasteiger partial charge in [0.1, 0.15) is 0 Å². The van der Waals surface area contributed by atoms with Crippen LogP contribution in [0.3, 0.4) is 0 Å². The predicted molar refractivity (Wildman–Crippen MR) is 42.2 cm³/mol. The van der Waals surface area contributed by atoms with Gasteiger partial charge < -0.3 is 36.2 Å². The summed E-state index contributed by atoms with van der Waals surface area (Å²) in [7, 11) is 0. The molecule has 0 atom stereocenters. The maximum atomic E-state index is 2.00. The van der Waals surface area contributed by atoms with Crippen molar-refractivity contribution in [1.29, 1.82) is 0 Å². The van der Waals surface area contributed by atoms with E-state index in [0.717, 1.165) is 0 Å². The van der Waals surface area contributed by atoms with Gasteiger partial charge in [-0.15, -0.1) is 0 Å². The fourth-order valence-electron chi connectivity index (χ4n) is 0. The van der Waals surface area contributed by atoms with Crippen molar-refractivity contribution in [2.45, 2.75) is 7.43 Å². The van der Waals surface area contributed by atoms with E-state index < -0.39 is 0 Å². The standard InChI is InChI=1S/CH4.CH3.6Li.5H2O.H/h1H4;1H3;;;;;;;5*1H2;/q;-1;;;4*+1;;;;;;-1/p-1. The summed E-state index contributed by atoms with van der Waals surface area (Å²) in [5.74, 6) is 0. The molecule has 0 spiro atoms. The summed E-state index contributed by atoms with van der Waals surface area (Å²) in [6.45, 7) is 0. The second kappa shape index (κ2) is 278. The first-order valence-electron chi connectivity index (χ1n) is 1.00. The third-order valence-electron chi connectivity index (χ3n) is 0. The van der Waals surface area contributed by atoms with Gasteiger partial charge in [0.05, 0.1) is 0 Å². The van der Waals surface area contributed by atoms with Crippen LogP contribution in [-0.2, 0) is 0 Å². The smallest absolute Gasteiger partial charge is 0.870 e. The average Bonchev–Trinajstić information content (AvgIpc) is 1.00. The van der Waals surface area contributed by atoms with Crippen molar-refractivity contribution in [2.75, 3.05) is 0 Å². The van der Waals surface area contributed by atoms with Gasteiger partial charge in [-0.25, -0.2) is 0 Å². The van der Waals surface area contributed by atoms with Crippen LogP contribution in [0.1, 0.15) is 8.85 Å². The molecule has 0 fully saturated rings. The molecule has 9 N–H and O–H groups in total. The van der Waals surface area contributed by atoms with Crippen molar-refractivity contribution in [3.8, 4) is 0 Å². The van der Waals surface area contributed by atoms with Crippen molar-refractivity contribution in [3.63, 3.8) is 0 Å². The zero-order valence-electron chi connectivity index (χ0n) is 10.4. The summed E-state index contributed by atoms with van der Waals surface area (Å²) < 4.78 is 0. The fraction of sp³-hybridized carbons (Fsp3) is 0.500. The van der Waals surface area contributed by atoms with E-state index in [9.17, 15) is 0 Å². The van der Waals surface area contributed by atoms with Crippen LogP contribution in [0.25, 0.3) is 0 Å². The molecular weight excluding hydrogens is 146 g/mol. The van der Waals surface area contributed by atoms with Crippen LogP contribution in [0.5, 0.6) is 0 Å². The van der Waals surface area contributed by atoms with Gasteiger partial charge in [-0.1, -0.05) is 7.43 Å². The van der Waals surface area contributed by atoms with Gasteiger partial charge in [-0.2, -0.15) is 0 Å². The third-order valence-corrected chi connectivity index (χ3v) is 0. The van der Waals surface area contributed by atoms with E-state index in [2.05, 4.69) is 0 Å². The van der Waals surface area contributed by atoms with E-state index in [1.54, 1.807) is 0 Å². The van der Waals surface area contributed by atoms with Crippen molar-refractivity contribution >= 4 is 30.8 Å². The van der Waals surface area contributed by atoms with Crippen LogP contribution in [0.15, 0.2) is 0 Å². The van der Waals surface area contributed by atoms with Gasteiger partial charge in [0.2, 0.25) is 0 Å². The van der Waals surface area contributed by atoms with Crippen LogP contribution in [-0.4, -0.2) is 58.2 Å². The molecule has 0 amide bonds. The first kappa shape index (κ1) is 202. The van der Waals surface area contributed by atoms with Crippen LogP contribution >= 0.6 is 0 Å². The Balaban J connectivity index is -0.0000000000758. The maximum absolute atomic E-state index is 2.00. The molecule has 60 valence electrons. The Morgan fingerprint density at radius 3 is 0.615 bits per heavy atom. The number of hydrogen-bond acceptors (Lipinski definition) is 1. The van der Waals surface area contributed by atoms with Crippen molar-refractivity contribution in [3.05, 3.63) is 7.43 Å². The summed E-state index contributed by atoms with van der Waals surface area (Å²) in [6.07, 6.45) is 0. The first-order chi connectivity index (χ1) is 1.00. The molecule has 0 aliphatic carbocycles. The van der Waals surface area contributed by atoms with E-state index in [-0.39, 0.29) is 119 Å². The normalized spacial score (nSPS) is 0.615. The summed E-state index contributed by atoms with van der Waals surface area (Å²) in [5, 5.41) is 0. The topological polar surface area (TPSA) is 156 Å². The second-order valence-electron chi connectivity index (χ2n) is 0.